The van der Waals surface area contributed by atoms with E-state index in [0.29, 0.717) is 36.3 Å². The van der Waals surface area contributed by atoms with Crippen LogP contribution in [0.25, 0.3) is 0 Å². The van der Waals surface area contributed by atoms with Crippen LogP contribution >= 0.6 is 0 Å². The van der Waals surface area contributed by atoms with Gasteiger partial charge in [-0.15, -0.1) is 0 Å². The number of nitrogen functional groups attached to an aromatic ring is 1. The molecule has 0 saturated carbocycles. The number of nitrogens with two attached hydrogens (primary N) is 1. The molecule has 6 nitrogen and oxygen atoms in total. The fourth-order valence-electron chi connectivity index (χ4n) is 2.84. The number of aryl methyl sites for hydroxylation is 1. The van der Waals surface area contributed by atoms with Crippen molar-refractivity contribution in [3.63, 3.8) is 0 Å². The first-order valence-corrected chi connectivity index (χ1v) is 9.76. The van der Waals surface area contributed by atoms with E-state index in [1.54, 1.807) is 24.3 Å². The quantitative estimate of drug-likeness (QED) is 0.552. The molecule has 2 aromatic rings. The maximum absolute atomic E-state index is 12.2. The van der Waals surface area contributed by atoms with Crippen LogP contribution in [0.15, 0.2) is 48.5 Å². The van der Waals surface area contributed by atoms with Crippen LogP contribution in [-0.4, -0.2) is 42.9 Å². The Morgan fingerprint density at radius 3 is 2.21 bits per heavy atom. The van der Waals surface area contributed by atoms with E-state index < -0.39 is 0 Å². The molecule has 4 N–H and O–H groups in total. The highest BCUT2D eigenvalue weighted by Crippen LogP contribution is 2.12. The summed E-state index contributed by atoms with van der Waals surface area (Å²) in [7, 11) is 0. The Balaban J connectivity index is 1.77. The minimum atomic E-state index is -0.103. The molecular formula is C22H30N4O2. The van der Waals surface area contributed by atoms with E-state index in [9.17, 15) is 9.59 Å². The molecule has 0 aliphatic rings. The van der Waals surface area contributed by atoms with Crippen molar-refractivity contribution in [3.8, 4) is 0 Å². The van der Waals surface area contributed by atoms with Gasteiger partial charge in [-0.1, -0.05) is 26.0 Å². The third kappa shape index (κ3) is 7.04. The first kappa shape index (κ1) is 21.4. The van der Waals surface area contributed by atoms with Crippen molar-refractivity contribution in [2.45, 2.75) is 26.7 Å². The van der Waals surface area contributed by atoms with Crippen LogP contribution in [0.2, 0.25) is 0 Å². The summed E-state index contributed by atoms with van der Waals surface area (Å²) in [5.74, 6) is -0.165. The molecule has 0 bridgehead atoms. The zero-order valence-electron chi connectivity index (χ0n) is 16.7. The lowest BCUT2D eigenvalue weighted by Gasteiger charge is -2.18. The maximum Gasteiger partial charge on any atom is 0.251 e. The number of nitrogens with one attached hydrogen (secondary N) is 2. The number of benzene rings is 2. The lowest BCUT2D eigenvalue weighted by molar-refractivity contribution is -0.116. The first-order valence-electron chi connectivity index (χ1n) is 9.76. The van der Waals surface area contributed by atoms with Crippen molar-refractivity contribution >= 4 is 23.2 Å². The predicted octanol–water partition coefficient (Wildman–Crippen LogP) is 2.91. The lowest BCUT2D eigenvalue weighted by Crippen LogP contribution is -2.34. The second-order valence-electron chi connectivity index (χ2n) is 6.65. The van der Waals surface area contributed by atoms with Gasteiger partial charge in [0.15, 0.2) is 0 Å². The van der Waals surface area contributed by atoms with Gasteiger partial charge in [-0.2, -0.15) is 0 Å². The largest absolute Gasteiger partial charge is 0.399 e. The third-order valence-electron chi connectivity index (χ3n) is 4.66. The Hall–Kier alpha value is -2.86. The summed E-state index contributed by atoms with van der Waals surface area (Å²) in [4.78, 5) is 26.6. The summed E-state index contributed by atoms with van der Waals surface area (Å²) >= 11 is 0. The Morgan fingerprint density at radius 2 is 1.61 bits per heavy atom. The molecule has 0 saturated heterocycles. The van der Waals surface area contributed by atoms with Crippen LogP contribution in [0.3, 0.4) is 0 Å². The monoisotopic (exact) mass is 382 g/mol. The minimum Gasteiger partial charge on any atom is -0.399 e. The number of nitrogens with zero attached hydrogens (tertiary/aromatic N) is 1. The van der Waals surface area contributed by atoms with Gasteiger partial charge in [0, 0.05) is 36.4 Å². The zero-order valence-corrected chi connectivity index (χ0v) is 16.7. The Labute approximate surface area is 167 Å². The van der Waals surface area contributed by atoms with E-state index in [2.05, 4.69) is 29.4 Å². The van der Waals surface area contributed by atoms with Crippen LogP contribution in [0, 0.1) is 0 Å². The summed E-state index contributed by atoms with van der Waals surface area (Å²) in [5.41, 5.74) is 8.71. The van der Waals surface area contributed by atoms with E-state index in [4.69, 9.17) is 5.73 Å². The predicted molar refractivity (Wildman–Crippen MR) is 114 cm³/mol. The van der Waals surface area contributed by atoms with Crippen LogP contribution in [0.1, 0.15) is 36.2 Å². The highest BCUT2D eigenvalue weighted by molar-refractivity contribution is 5.95. The van der Waals surface area contributed by atoms with Gasteiger partial charge in [-0.05, 0) is 61.5 Å². The first-order chi connectivity index (χ1) is 13.5. The Kier molecular flexibility index (Phi) is 8.49. The zero-order chi connectivity index (χ0) is 20.4. The molecule has 28 heavy (non-hydrogen) atoms. The van der Waals surface area contributed by atoms with Gasteiger partial charge in [-0.25, -0.2) is 0 Å². The molecule has 2 rings (SSSR count). The van der Waals surface area contributed by atoms with Gasteiger partial charge in [0.05, 0.1) is 0 Å². The molecule has 6 heteroatoms. The van der Waals surface area contributed by atoms with Crippen molar-refractivity contribution < 1.29 is 9.59 Å². The molecule has 0 spiro atoms. The standard InChI is InChI=1S/C22H30N4O2/c1-3-26(4-2)16-15-24-22(28)18-8-12-20(13-9-18)25-21(27)14-7-17-5-10-19(23)11-6-17/h5-6,8-13H,3-4,7,14-16,23H2,1-2H3,(H,24,28)(H,25,27). The topological polar surface area (TPSA) is 87.5 Å². The minimum absolute atomic E-state index is 0.0618. The maximum atomic E-state index is 12.2. The summed E-state index contributed by atoms with van der Waals surface area (Å²) in [6, 6.07) is 14.5. The number of rotatable bonds is 10. The second kappa shape index (κ2) is 11.1. The fraction of sp³-hybridized carbons (Fsp3) is 0.364. The van der Waals surface area contributed by atoms with Gasteiger partial charge < -0.3 is 21.3 Å². The molecular weight excluding hydrogens is 352 g/mol. The molecule has 2 amide bonds. The molecule has 0 aliphatic heterocycles. The summed E-state index contributed by atoms with van der Waals surface area (Å²) < 4.78 is 0. The summed E-state index contributed by atoms with van der Waals surface area (Å²) in [6.45, 7) is 7.60. The number of carbonyl (C=O) groups excluding carboxylic acids is 2. The summed E-state index contributed by atoms with van der Waals surface area (Å²) in [6.07, 6.45) is 1.04. The SMILES string of the molecule is CCN(CC)CCNC(=O)c1ccc(NC(=O)CCc2ccc(N)cc2)cc1. The highest BCUT2D eigenvalue weighted by atomic mass is 16.2. The van der Waals surface area contributed by atoms with Crippen molar-refractivity contribution in [2.75, 3.05) is 37.2 Å². The summed E-state index contributed by atoms with van der Waals surface area (Å²) in [5, 5.41) is 5.78. The van der Waals surface area contributed by atoms with E-state index in [1.807, 2.05) is 24.3 Å². The van der Waals surface area contributed by atoms with Gasteiger partial charge in [0.25, 0.3) is 5.91 Å². The second-order valence-corrected chi connectivity index (χ2v) is 6.65. The average Bonchev–Trinajstić information content (AvgIpc) is 2.71. The normalized spacial score (nSPS) is 10.7. The van der Waals surface area contributed by atoms with Crippen LogP contribution in [0.5, 0.6) is 0 Å². The van der Waals surface area contributed by atoms with Crippen molar-refractivity contribution in [1.82, 2.24) is 10.2 Å². The number of hydrogen-bond donors (Lipinski definition) is 3. The molecule has 2 aromatic carbocycles. The van der Waals surface area contributed by atoms with E-state index in [0.717, 1.165) is 25.2 Å². The smallest absolute Gasteiger partial charge is 0.251 e. The number of hydrogen-bond acceptors (Lipinski definition) is 4. The van der Waals surface area contributed by atoms with Gasteiger partial charge >= 0.3 is 0 Å². The van der Waals surface area contributed by atoms with Crippen molar-refractivity contribution in [3.05, 3.63) is 59.7 Å². The highest BCUT2D eigenvalue weighted by Gasteiger charge is 2.08. The number of anilines is 2. The van der Waals surface area contributed by atoms with E-state index in [1.165, 1.54) is 0 Å². The molecule has 0 radical (unpaired) electrons. The molecule has 0 heterocycles. The lowest BCUT2D eigenvalue weighted by atomic mass is 10.1. The van der Waals surface area contributed by atoms with Crippen LogP contribution < -0.4 is 16.4 Å². The van der Waals surface area contributed by atoms with Gasteiger partial charge in [0.1, 0.15) is 0 Å². The van der Waals surface area contributed by atoms with Crippen molar-refractivity contribution in [2.24, 2.45) is 0 Å². The van der Waals surface area contributed by atoms with Gasteiger partial charge in [-0.3, -0.25) is 9.59 Å². The molecule has 0 aliphatic carbocycles. The molecule has 0 aromatic heterocycles. The third-order valence-corrected chi connectivity index (χ3v) is 4.66. The number of carbonyl (C=O) groups is 2. The van der Waals surface area contributed by atoms with Crippen LogP contribution in [-0.2, 0) is 11.2 Å². The van der Waals surface area contributed by atoms with E-state index >= 15 is 0 Å². The average molecular weight is 383 g/mol. The Bertz CT molecular complexity index is 753. The molecule has 0 unspecified atom stereocenters. The van der Waals surface area contributed by atoms with Crippen LogP contribution in [0.4, 0.5) is 11.4 Å². The molecule has 150 valence electrons. The van der Waals surface area contributed by atoms with E-state index in [-0.39, 0.29) is 11.8 Å². The Morgan fingerprint density at radius 1 is 0.964 bits per heavy atom. The number of likely N-dealkylation sites (N-methyl/N-ethyl adjacent to an activating group) is 1. The van der Waals surface area contributed by atoms with Crippen molar-refractivity contribution in [1.29, 1.82) is 0 Å². The fourth-order valence-corrected chi connectivity index (χ4v) is 2.84. The molecule has 0 fully saturated rings. The number of amides is 2. The van der Waals surface area contributed by atoms with Gasteiger partial charge in [0.2, 0.25) is 5.91 Å². The molecule has 0 atom stereocenters.